The highest BCUT2D eigenvalue weighted by Crippen LogP contribution is 2.32. The van der Waals surface area contributed by atoms with Gasteiger partial charge in [0, 0.05) is 50.0 Å². The molecule has 1 saturated heterocycles. The number of hydrogen-bond donors (Lipinski definition) is 1. The highest BCUT2D eigenvalue weighted by molar-refractivity contribution is 7.11. The predicted octanol–water partition coefficient (Wildman–Crippen LogP) is 2.87. The number of aromatic nitrogens is 1. The normalized spacial score (nSPS) is 19.6. The van der Waals surface area contributed by atoms with Crippen molar-refractivity contribution in [1.82, 2.24) is 10.3 Å². The van der Waals surface area contributed by atoms with Gasteiger partial charge in [0.25, 0.3) is 0 Å². The first kappa shape index (κ1) is 16.9. The fraction of sp³-hybridized carbons (Fsp3) is 0.812. The van der Waals surface area contributed by atoms with Gasteiger partial charge in [0.2, 0.25) is 0 Å². The molecule has 1 fully saturated rings. The lowest BCUT2D eigenvalue weighted by Gasteiger charge is -2.43. The molecule has 1 N–H and O–H groups in total. The van der Waals surface area contributed by atoms with Crippen LogP contribution in [-0.2, 0) is 15.9 Å². The number of thiazole rings is 1. The van der Waals surface area contributed by atoms with Crippen LogP contribution in [0.2, 0.25) is 0 Å². The number of ether oxygens (including phenoxy) is 2. The molecule has 0 saturated carbocycles. The third-order valence-electron chi connectivity index (χ3n) is 4.31. The number of nitrogens with one attached hydrogen (secondary N) is 1. The van der Waals surface area contributed by atoms with E-state index in [1.165, 1.54) is 9.88 Å². The van der Waals surface area contributed by atoms with E-state index in [-0.39, 0.29) is 5.60 Å². The summed E-state index contributed by atoms with van der Waals surface area (Å²) >= 11 is 1.81. The molecule has 1 atom stereocenters. The van der Waals surface area contributed by atoms with E-state index in [9.17, 15) is 0 Å². The average Bonchev–Trinajstić information content (AvgIpc) is 2.78. The van der Waals surface area contributed by atoms with Gasteiger partial charge in [0.1, 0.15) is 0 Å². The molecule has 21 heavy (non-hydrogen) atoms. The average molecular weight is 312 g/mol. The number of hydrogen-bond acceptors (Lipinski definition) is 5. The lowest BCUT2D eigenvalue weighted by atomic mass is 9.84. The molecule has 0 aliphatic carbocycles. The topological polar surface area (TPSA) is 43.4 Å². The Balaban J connectivity index is 2.18. The van der Waals surface area contributed by atoms with E-state index in [4.69, 9.17) is 14.5 Å². The predicted molar refractivity (Wildman–Crippen MR) is 87.2 cm³/mol. The fourth-order valence-corrected chi connectivity index (χ4v) is 4.07. The summed E-state index contributed by atoms with van der Waals surface area (Å²) in [4.78, 5) is 6.03. The van der Waals surface area contributed by atoms with Crippen LogP contribution in [0.5, 0.6) is 0 Å². The summed E-state index contributed by atoms with van der Waals surface area (Å²) in [5.74, 6) is 0. The van der Waals surface area contributed by atoms with Crippen molar-refractivity contribution in [1.29, 1.82) is 0 Å². The van der Waals surface area contributed by atoms with Crippen LogP contribution in [0.25, 0.3) is 0 Å². The highest BCUT2D eigenvalue weighted by Gasteiger charge is 2.41. The van der Waals surface area contributed by atoms with Gasteiger partial charge in [-0.05, 0) is 27.3 Å². The van der Waals surface area contributed by atoms with Gasteiger partial charge in [-0.2, -0.15) is 0 Å². The van der Waals surface area contributed by atoms with Crippen molar-refractivity contribution >= 4 is 11.3 Å². The van der Waals surface area contributed by atoms with E-state index in [0.29, 0.717) is 6.04 Å². The summed E-state index contributed by atoms with van der Waals surface area (Å²) in [6.45, 7) is 11.7. The smallest absolute Gasteiger partial charge is 0.0947 e. The molecule has 0 spiro atoms. The Labute approximate surface area is 132 Å². The Kier molecular flexibility index (Phi) is 6.17. The maximum absolute atomic E-state index is 6.23. The van der Waals surface area contributed by atoms with E-state index in [2.05, 4.69) is 33.0 Å². The molecule has 1 aliphatic heterocycles. The fourth-order valence-electron chi connectivity index (χ4n) is 3.09. The Bertz CT molecular complexity index is 416. The first-order valence-corrected chi connectivity index (χ1v) is 8.81. The van der Waals surface area contributed by atoms with Crippen molar-refractivity contribution < 1.29 is 9.47 Å². The Hall–Kier alpha value is -0.490. The lowest BCUT2D eigenvalue weighted by molar-refractivity contribution is -0.126. The van der Waals surface area contributed by atoms with Gasteiger partial charge < -0.3 is 14.8 Å². The first-order valence-electron chi connectivity index (χ1n) is 7.99. The quantitative estimate of drug-likeness (QED) is 0.841. The number of aryl methyl sites for hydroxylation is 2. The first-order chi connectivity index (χ1) is 10.1. The van der Waals surface area contributed by atoms with Crippen molar-refractivity contribution in [3.8, 4) is 0 Å². The van der Waals surface area contributed by atoms with Crippen LogP contribution in [0, 0.1) is 13.8 Å². The van der Waals surface area contributed by atoms with Gasteiger partial charge in [0.05, 0.1) is 16.3 Å². The van der Waals surface area contributed by atoms with Gasteiger partial charge in [-0.1, -0.05) is 6.92 Å². The lowest BCUT2D eigenvalue weighted by Crippen LogP contribution is -2.56. The highest BCUT2D eigenvalue weighted by atomic mass is 32.1. The van der Waals surface area contributed by atoms with Gasteiger partial charge in [0.15, 0.2) is 0 Å². The minimum atomic E-state index is -0.115. The van der Waals surface area contributed by atoms with Crippen LogP contribution in [0.15, 0.2) is 0 Å². The molecule has 1 aromatic heterocycles. The van der Waals surface area contributed by atoms with Crippen molar-refractivity contribution in [3.63, 3.8) is 0 Å². The summed E-state index contributed by atoms with van der Waals surface area (Å²) in [7, 11) is 0. The zero-order chi connectivity index (χ0) is 15.3. The summed E-state index contributed by atoms with van der Waals surface area (Å²) in [5, 5.41) is 4.85. The summed E-state index contributed by atoms with van der Waals surface area (Å²) < 4.78 is 11.8. The van der Waals surface area contributed by atoms with E-state index in [1.807, 2.05) is 11.3 Å². The molecule has 4 nitrogen and oxygen atoms in total. The molecular formula is C16H28N2O2S. The standard InChI is InChI=1S/C16H28N2O2S/c1-5-17-14(11-15-18-12(3)13(4)21-15)16(20-6-2)7-9-19-10-8-16/h14,17H,5-11H2,1-4H3. The van der Waals surface area contributed by atoms with Crippen LogP contribution < -0.4 is 5.32 Å². The monoisotopic (exact) mass is 312 g/mol. The minimum absolute atomic E-state index is 0.115. The second kappa shape index (κ2) is 7.68. The molecule has 2 rings (SSSR count). The van der Waals surface area contributed by atoms with E-state index < -0.39 is 0 Å². The van der Waals surface area contributed by atoms with Gasteiger partial charge in [-0.3, -0.25) is 0 Å². The molecule has 1 unspecified atom stereocenters. The summed E-state index contributed by atoms with van der Waals surface area (Å²) in [6.07, 6.45) is 2.86. The number of rotatable bonds is 7. The third-order valence-corrected chi connectivity index (χ3v) is 5.40. The molecule has 120 valence electrons. The van der Waals surface area contributed by atoms with Crippen molar-refractivity contribution in [2.75, 3.05) is 26.4 Å². The molecule has 5 heteroatoms. The van der Waals surface area contributed by atoms with E-state index in [0.717, 1.165) is 51.3 Å². The van der Waals surface area contributed by atoms with Crippen molar-refractivity contribution in [2.24, 2.45) is 0 Å². The number of nitrogens with zero attached hydrogens (tertiary/aromatic N) is 1. The van der Waals surface area contributed by atoms with Crippen LogP contribution in [0.4, 0.5) is 0 Å². The SMILES string of the molecule is CCNC(Cc1nc(C)c(C)s1)C1(OCC)CCOCC1. The Morgan fingerprint density at radius 2 is 2.05 bits per heavy atom. The molecule has 2 heterocycles. The van der Waals surface area contributed by atoms with E-state index >= 15 is 0 Å². The molecule has 0 amide bonds. The molecule has 1 aliphatic rings. The summed E-state index contributed by atoms with van der Waals surface area (Å²) in [5.41, 5.74) is 1.04. The van der Waals surface area contributed by atoms with Gasteiger partial charge in [-0.15, -0.1) is 11.3 Å². The maximum atomic E-state index is 6.23. The largest absolute Gasteiger partial charge is 0.381 e. The van der Waals surface area contributed by atoms with Crippen LogP contribution in [0.1, 0.15) is 42.3 Å². The summed E-state index contributed by atoms with van der Waals surface area (Å²) in [6, 6.07) is 0.302. The van der Waals surface area contributed by atoms with Gasteiger partial charge in [-0.25, -0.2) is 4.98 Å². The van der Waals surface area contributed by atoms with Crippen LogP contribution >= 0.6 is 11.3 Å². The second-order valence-electron chi connectivity index (χ2n) is 5.67. The van der Waals surface area contributed by atoms with Gasteiger partial charge >= 0.3 is 0 Å². The molecule has 0 radical (unpaired) electrons. The zero-order valence-corrected chi connectivity index (χ0v) is 14.5. The minimum Gasteiger partial charge on any atom is -0.381 e. The molecule has 0 bridgehead atoms. The third kappa shape index (κ3) is 4.03. The molecular weight excluding hydrogens is 284 g/mol. The van der Waals surface area contributed by atoms with Crippen LogP contribution in [-0.4, -0.2) is 43.0 Å². The molecule has 1 aromatic rings. The Morgan fingerprint density at radius 1 is 1.33 bits per heavy atom. The zero-order valence-electron chi connectivity index (χ0n) is 13.7. The van der Waals surface area contributed by atoms with E-state index in [1.54, 1.807) is 0 Å². The van der Waals surface area contributed by atoms with Crippen LogP contribution in [0.3, 0.4) is 0 Å². The Morgan fingerprint density at radius 3 is 2.57 bits per heavy atom. The maximum Gasteiger partial charge on any atom is 0.0947 e. The second-order valence-corrected chi connectivity index (χ2v) is 6.96. The number of likely N-dealkylation sites (N-methyl/N-ethyl adjacent to an activating group) is 1. The molecule has 0 aromatic carbocycles. The van der Waals surface area contributed by atoms with Crippen molar-refractivity contribution in [3.05, 3.63) is 15.6 Å². The van der Waals surface area contributed by atoms with Crippen molar-refractivity contribution in [2.45, 2.75) is 58.6 Å².